The van der Waals surface area contributed by atoms with Crippen LogP contribution in [-0.4, -0.2) is 42.2 Å². The number of pyridine rings is 1. The van der Waals surface area contributed by atoms with Gasteiger partial charge in [0.2, 0.25) is 0 Å². The molecule has 1 heterocycles. The first-order chi connectivity index (χ1) is 9.76. The summed E-state index contributed by atoms with van der Waals surface area (Å²) in [6.45, 7) is 6.78. The van der Waals surface area contributed by atoms with Crippen molar-refractivity contribution in [3.63, 3.8) is 0 Å². The molecule has 6 heteroatoms. The largest absolute Gasteiger partial charge is 0.478 e. The Bertz CT molecular complexity index is 526. The maximum absolute atomic E-state index is 12.0. The summed E-state index contributed by atoms with van der Waals surface area (Å²) < 4.78 is 5.04. The molecule has 2 N–H and O–H groups in total. The lowest BCUT2D eigenvalue weighted by molar-refractivity contribution is 0.0694. The quantitative estimate of drug-likeness (QED) is 0.801. The van der Waals surface area contributed by atoms with Crippen LogP contribution in [-0.2, 0) is 4.74 Å². The summed E-state index contributed by atoms with van der Waals surface area (Å²) in [7, 11) is 1.64. The Labute approximate surface area is 124 Å². The second-order valence-electron chi connectivity index (χ2n) is 5.72. The molecule has 116 valence electrons. The number of ether oxygens (including phenoxy) is 1. The molecule has 1 aromatic heterocycles. The minimum absolute atomic E-state index is 0.0816. The van der Waals surface area contributed by atoms with Crippen molar-refractivity contribution in [1.82, 2.24) is 10.3 Å². The monoisotopic (exact) mass is 294 g/mol. The third kappa shape index (κ3) is 5.15. The molecule has 0 fully saturated rings. The topological polar surface area (TPSA) is 88.5 Å². The van der Waals surface area contributed by atoms with Gasteiger partial charge in [-0.15, -0.1) is 0 Å². The molecule has 0 saturated heterocycles. The normalized spacial score (nSPS) is 11.2. The lowest BCUT2D eigenvalue weighted by Gasteiger charge is -2.24. The average Bonchev–Trinajstić information content (AvgIpc) is 2.42. The van der Waals surface area contributed by atoms with E-state index in [1.807, 2.05) is 13.8 Å². The standard InChI is InChI=1S/C15H22N2O4/c1-10-11(14(19)20)5-6-12(17-10)13(18)16-9-15(2,3)7-8-21-4/h5-6H,7-9H2,1-4H3,(H,16,18)(H,19,20). The van der Waals surface area contributed by atoms with Crippen molar-refractivity contribution in [2.45, 2.75) is 27.2 Å². The molecule has 21 heavy (non-hydrogen) atoms. The molecule has 0 aliphatic heterocycles. The second-order valence-corrected chi connectivity index (χ2v) is 5.72. The number of methoxy groups -OCH3 is 1. The van der Waals surface area contributed by atoms with Crippen LogP contribution in [0.4, 0.5) is 0 Å². The zero-order valence-electron chi connectivity index (χ0n) is 12.9. The van der Waals surface area contributed by atoms with Crippen LogP contribution in [0.3, 0.4) is 0 Å². The predicted octanol–water partition coefficient (Wildman–Crippen LogP) is 1.88. The van der Waals surface area contributed by atoms with Gasteiger partial charge in [0.05, 0.1) is 11.3 Å². The number of hydrogen-bond acceptors (Lipinski definition) is 4. The molecule has 0 unspecified atom stereocenters. The molecule has 0 saturated carbocycles. The van der Waals surface area contributed by atoms with E-state index in [-0.39, 0.29) is 22.6 Å². The molecule has 1 rings (SSSR count). The summed E-state index contributed by atoms with van der Waals surface area (Å²) in [5, 5.41) is 11.8. The van der Waals surface area contributed by atoms with Gasteiger partial charge in [-0.3, -0.25) is 4.79 Å². The van der Waals surface area contributed by atoms with Gasteiger partial charge in [-0.1, -0.05) is 13.8 Å². The number of carboxylic acids is 1. The minimum Gasteiger partial charge on any atom is -0.478 e. The van der Waals surface area contributed by atoms with E-state index >= 15 is 0 Å². The first-order valence-corrected chi connectivity index (χ1v) is 6.75. The number of rotatable bonds is 7. The number of nitrogens with zero attached hydrogens (tertiary/aromatic N) is 1. The highest BCUT2D eigenvalue weighted by molar-refractivity contribution is 5.94. The summed E-state index contributed by atoms with van der Waals surface area (Å²) in [6, 6.07) is 2.82. The maximum atomic E-state index is 12.0. The Morgan fingerprint density at radius 3 is 2.57 bits per heavy atom. The average molecular weight is 294 g/mol. The van der Waals surface area contributed by atoms with Crippen LogP contribution in [0.1, 0.15) is 46.8 Å². The van der Waals surface area contributed by atoms with Crippen molar-refractivity contribution in [2.24, 2.45) is 5.41 Å². The minimum atomic E-state index is -1.05. The molecule has 0 spiro atoms. The van der Waals surface area contributed by atoms with Crippen molar-refractivity contribution >= 4 is 11.9 Å². The van der Waals surface area contributed by atoms with Gasteiger partial charge in [-0.2, -0.15) is 0 Å². The highest BCUT2D eigenvalue weighted by Gasteiger charge is 2.20. The summed E-state index contributed by atoms with van der Waals surface area (Å²) in [5.74, 6) is -1.35. The lowest BCUT2D eigenvalue weighted by Crippen LogP contribution is -2.35. The van der Waals surface area contributed by atoms with Gasteiger partial charge < -0.3 is 15.2 Å². The first-order valence-electron chi connectivity index (χ1n) is 6.75. The fourth-order valence-corrected chi connectivity index (χ4v) is 1.79. The smallest absolute Gasteiger partial charge is 0.337 e. The van der Waals surface area contributed by atoms with Crippen LogP contribution in [0, 0.1) is 12.3 Å². The van der Waals surface area contributed by atoms with Gasteiger partial charge in [-0.05, 0) is 30.9 Å². The number of carbonyl (C=O) groups is 2. The molecule has 0 aliphatic carbocycles. The van der Waals surface area contributed by atoms with E-state index < -0.39 is 5.97 Å². The Balaban J connectivity index is 2.68. The SMILES string of the molecule is COCCC(C)(C)CNC(=O)c1ccc(C(=O)O)c(C)n1. The summed E-state index contributed by atoms with van der Waals surface area (Å²) in [4.78, 5) is 27.0. The molecule has 0 aromatic carbocycles. The molecule has 0 bridgehead atoms. The third-order valence-corrected chi connectivity index (χ3v) is 3.26. The van der Waals surface area contributed by atoms with Crippen molar-refractivity contribution in [3.05, 3.63) is 29.1 Å². The van der Waals surface area contributed by atoms with Gasteiger partial charge in [0.25, 0.3) is 5.91 Å². The van der Waals surface area contributed by atoms with Gasteiger partial charge in [0.15, 0.2) is 0 Å². The van der Waals surface area contributed by atoms with Gasteiger partial charge in [0.1, 0.15) is 5.69 Å². The molecule has 0 atom stereocenters. The van der Waals surface area contributed by atoms with E-state index in [1.54, 1.807) is 14.0 Å². The van der Waals surface area contributed by atoms with Crippen LogP contribution in [0.25, 0.3) is 0 Å². The highest BCUT2D eigenvalue weighted by atomic mass is 16.5. The van der Waals surface area contributed by atoms with Crippen molar-refractivity contribution in [2.75, 3.05) is 20.3 Å². The number of hydrogen-bond donors (Lipinski definition) is 2. The molecule has 6 nitrogen and oxygen atoms in total. The summed E-state index contributed by atoms with van der Waals surface area (Å²) >= 11 is 0. The summed E-state index contributed by atoms with van der Waals surface area (Å²) in [6.07, 6.45) is 0.828. The molecule has 0 aliphatic rings. The van der Waals surface area contributed by atoms with Crippen molar-refractivity contribution in [3.8, 4) is 0 Å². The number of aryl methyl sites for hydroxylation is 1. The summed E-state index contributed by atoms with van der Waals surface area (Å²) in [5.41, 5.74) is 0.572. The number of amides is 1. The van der Waals surface area contributed by atoms with Crippen molar-refractivity contribution < 1.29 is 19.4 Å². The van der Waals surface area contributed by atoms with Crippen LogP contribution in [0.5, 0.6) is 0 Å². The Morgan fingerprint density at radius 1 is 1.38 bits per heavy atom. The Kier molecular flexibility index (Phi) is 5.84. The highest BCUT2D eigenvalue weighted by Crippen LogP contribution is 2.19. The van der Waals surface area contributed by atoms with E-state index in [0.717, 1.165) is 6.42 Å². The number of aromatic carboxylic acids is 1. The third-order valence-electron chi connectivity index (χ3n) is 3.26. The van der Waals surface area contributed by atoms with E-state index in [1.165, 1.54) is 12.1 Å². The van der Waals surface area contributed by atoms with Crippen LogP contribution >= 0.6 is 0 Å². The van der Waals surface area contributed by atoms with Crippen molar-refractivity contribution in [1.29, 1.82) is 0 Å². The molecular formula is C15H22N2O4. The lowest BCUT2D eigenvalue weighted by atomic mass is 9.89. The van der Waals surface area contributed by atoms with Crippen LogP contribution in [0.15, 0.2) is 12.1 Å². The van der Waals surface area contributed by atoms with E-state index in [9.17, 15) is 9.59 Å². The Hall–Kier alpha value is -1.95. The number of carbonyl (C=O) groups excluding carboxylic acids is 1. The number of aromatic nitrogens is 1. The van der Waals surface area contributed by atoms with E-state index in [2.05, 4.69) is 10.3 Å². The van der Waals surface area contributed by atoms with Crippen LogP contribution < -0.4 is 5.32 Å². The molecule has 0 radical (unpaired) electrons. The van der Waals surface area contributed by atoms with E-state index in [4.69, 9.17) is 9.84 Å². The number of carboxylic acid groups (broad SMARTS) is 1. The number of nitrogens with one attached hydrogen (secondary N) is 1. The fraction of sp³-hybridized carbons (Fsp3) is 0.533. The molecular weight excluding hydrogens is 272 g/mol. The fourth-order valence-electron chi connectivity index (χ4n) is 1.79. The van der Waals surface area contributed by atoms with Gasteiger partial charge >= 0.3 is 5.97 Å². The molecule has 1 amide bonds. The predicted molar refractivity (Wildman–Crippen MR) is 78.5 cm³/mol. The van der Waals surface area contributed by atoms with E-state index in [0.29, 0.717) is 18.8 Å². The maximum Gasteiger partial charge on any atom is 0.337 e. The second kappa shape index (κ2) is 7.17. The zero-order valence-corrected chi connectivity index (χ0v) is 12.9. The zero-order chi connectivity index (χ0) is 16.0. The van der Waals surface area contributed by atoms with Crippen LogP contribution in [0.2, 0.25) is 0 Å². The van der Waals surface area contributed by atoms with Gasteiger partial charge in [-0.25, -0.2) is 9.78 Å². The Morgan fingerprint density at radius 2 is 2.05 bits per heavy atom. The van der Waals surface area contributed by atoms with Gasteiger partial charge in [0, 0.05) is 20.3 Å². The molecule has 1 aromatic rings. The first kappa shape index (κ1) is 17.1.